The van der Waals surface area contributed by atoms with Crippen LogP contribution in [0.15, 0.2) is 23.8 Å². The maximum Gasteiger partial charge on any atom is 0.257 e. The first-order chi connectivity index (χ1) is 8.79. The van der Waals surface area contributed by atoms with E-state index in [0.717, 1.165) is 13.0 Å². The summed E-state index contributed by atoms with van der Waals surface area (Å²) in [5, 5.41) is 13.7. The Morgan fingerprint density at radius 2 is 2.39 bits per heavy atom. The highest BCUT2D eigenvalue weighted by molar-refractivity contribution is 7.13. The molecule has 1 amide bonds. The molecule has 2 rings (SSSR count). The predicted octanol–water partition coefficient (Wildman–Crippen LogP) is 2.01. The van der Waals surface area contributed by atoms with Gasteiger partial charge in [0.05, 0.1) is 0 Å². The van der Waals surface area contributed by atoms with Crippen LogP contribution in [0.25, 0.3) is 0 Å². The molecule has 2 heterocycles. The lowest BCUT2D eigenvalue weighted by molar-refractivity contribution is 0.102. The first-order valence-electron chi connectivity index (χ1n) is 5.57. The number of rotatable bonds is 5. The van der Waals surface area contributed by atoms with E-state index in [2.05, 4.69) is 32.7 Å². The summed E-state index contributed by atoms with van der Waals surface area (Å²) in [4.78, 5) is 16.1. The van der Waals surface area contributed by atoms with Crippen LogP contribution in [0, 0.1) is 0 Å². The minimum absolute atomic E-state index is 0.214. The number of hydrogen-bond donors (Lipinski definition) is 2. The molecular weight excluding hydrogens is 250 g/mol. The van der Waals surface area contributed by atoms with Gasteiger partial charge in [0, 0.05) is 18.3 Å². The van der Waals surface area contributed by atoms with Gasteiger partial charge in [-0.15, -0.1) is 10.2 Å². The number of anilines is 2. The average molecular weight is 263 g/mol. The lowest BCUT2D eigenvalue weighted by atomic mass is 10.2. The molecule has 0 saturated heterocycles. The zero-order valence-electron chi connectivity index (χ0n) is 9.88. The van der Waals surface area contributed by atoms with Crippen LogP contribution in [-0.4, -0.2) is 27.6 Å². The molecule has 0 unspecified atom stereocenters. The van der Waals surface area contributed by atoms with Crippen LogP contribution in [0.5, 0.6) is 0 Å². The summed E-state index contributed by atoms with van der Waals surface area (Å²) in [5.41, 5.74) is 2.11. The molecule has 0 radical (unpaired) electrons. The third-order valence-electron chi connectivity index (χ3n) is 2.16. The number of aromatic nitrogens is 3. The minimum atomic E-state index is -0.214. The topological polar surface area (TPSA) is 79.8 Å². The second-order valence-corrected chi connectivity index (χ2v) is 4.39. The Balaban J connectivity index is 2.05. The normalized spacial score (nSPS) is 10.1. The van der Waals surface area contributed by atoms with Gasteiger partial charge in [-0.3, -0.25) is 10.1 Å². The van der Waals surface area contributed by atoms with E-state index in [0.29, 0.717) is 16.5 Å². The Hall–Kier alpha value is -2.02. The third-order valence-corrected chi connectivity index (χ3v) is 2.77. The van der Waals surface area contributed by atoms with E-state index in [4.69, 9.17) is 0 Å². The van der Waals surface area contributed by atoms with E-state index in [1.165, 1.54) is 11.3 Å². The number of carbonyl (C=O) groups excluding carboxylic acids is 1. The highest BCUT2D eigenvalue weighted by Crippen LogP contribution is 2.12. The van der Waals surface area contributed by atoms with Gasteiger partial charge in [0.1, 0.15) is 11.3 Å². The Morgan fingerprint density at radius 3 is 3.11 bits per heavy atom. The minimum Gasteiger partial charge on any atom is -0.370 e. The van der Waals surface area contributed by atoms with E-state index < -0.39 is 0 Å². The summed E-state index contributed by atoms with van der Waals surface area (Å²) in [6.07, 6.45) is 2.61. The molecule has 2 aromatic heterocycles. The molecule has 18 heavy (non-hydrogen) atoms. The highest BCUT2D eigenvalue weighted by Gasteiger charge is 2.08. The van der Waals surface area contributed by atoms with Gasteiger partial charge in [0.15, 0.2) is 0 Å². The van der Waals surface area contributed by atoms with E-state index in [1.54, 1.807) is 23.8 Å². The zero-order valence-corrected chi connectivity index (χ0v) is 10.7. The number of carbonyl (C=O) groups is 1. The number of pyridine rings is 1. The Bertz CT molecular complexity index is 514. The fourth-order valence-electron chi connectivity index (χ4n) is 1.32. The zero-order chi connectivity index (χ0) is 12.8. The molecule has 0 saturated carbocycles. The highest BCUT2D eigenvalue weighted by atomic mass is 32.1. The number of nitrogens with zero attached hydrogens (tertiary/aromatic N) is 3. The van der Waals surface area contributed by atoms with Gasteiger partial charge in [-0.1, -0.05) is 18.3 Å². The van der Waals surface area contributed by atoms with Crippen molar-refractivity contribution in [3.8, 4) is 0 Å². The lowest BCUT2D eigenvalue weighted by Crippen LogP contribution is -2.12. The quantitative estimate of drug-likeness (QED) is 0.862. The average Bonchev–Trinajstić information content (AvgIpc) is 2.89. The molecule has 0 atom stereocenters. The van der Waals surface area contributed by atoms with Crippen molar-refractivity contribution in [2.75, 3.05) is 17.2 Å². The summed E-state index contributed by atoms with van der Waals surface area (Å²) in [5.74, 6) is 0.482. The standard InChI is InChI=1S/C11H13N5OS/c1-2-4-12-9-6-8(3-5-13-9)10(17)15-11-16-14-7-18-11/h3,5-7H,2,4H2,1H3,(H,12,13)(H,15,16,17). The van der Waals surface area contributed by atoms with Crippen molar-refractivity contribution >= 4 is 28.2 Å². The van der Waals surface area contributed by atoms with Crippen molar-refractivity contribution in [3.63, 3.8) is 0 Å². The smallest absolute Gasteiger partial charge is 0.257 e. The van der Waals surface area contributed by atoms with Crippen LogP contribution >= 0.6 is 11.3 Å². The molecule has 0 aliphatic rings. The van der Waals surface area contributed by atoms with Crippen LogP contribution in [0.4, 0.5) is 10.9 Å². The molecule has 0 aliphatic heterocycles. The lowest BCUT2D eigenvalue weighted by Gasteiger charge is -2.05. The van der Waals surface area contributed by atoms with Crippen molar-refractivity contribution in [2.45, 2.75) is 13.3 Å². The largest absolute Gasteiger partial charge is 0.370 e. The second kappa shape index (κ2) is 6.06. The third kappa shape index (κ3) is 3.24. The van der Waals surface area contributed by atoms with Crippen molar-refractivity contribution in [2.24, 2.45) is 0 Å². The molecule has 0 bridgehead atoms. The maximum atomic E-state index is 11.9. The Kier molecular flexibility index (Phi) is 4.19. The van der Waals surface area contributed by atoms with Crippen molar-refractivity contribution in [1.29, 1.82) is 0 Å². The van der Waals surface area contributed by atoms with Crippen LogP contribution in [-0.2, 0) is 0 Å². The molecule has 0 aromatic carbocycles. The first kappa shape index (κ1) is 12.4. The molecule has 0 fully saturated rings. The van der Waals surface area contributed by atoms with Crippen LogP contribution in [0.3, 0.4) is 0 Å². The van der Waals surface area contributed by atoms with E-state index in [1.807, 2.05) is 0 Å². The van der Waals surface area contributed by atoms with Gasteiger partial charge in [-0.05, 0) is 18.6 Å². The molecule has 2 N–H and O–H groups in total. The number of hydrogen-bond acceptors (Lipinski definition) is 6. The van der Waals surface area contributed by atoms with Gasteiger partial charge in [0.25, 0.3) is 5.91 Å². The molecule has 2 aromatic rings. The monoisotopic (exact) mass is 263 g/mol. The summed E-state index contributed by atoms with van der Waals surface area (Å²) in [6, 6.07) is 3.37. The maximum absolute atomic E-state index is 11.9. The van der Waals surface area contributed by atoms with E-state index in [9.17, 15) is 4.79 Å². The summed E-state index contributed by atoms with van der Waals surface area (Å²) in [7, 11) is 0. The van der Waals surface area contributed by atoms with Crippen LogP contribution in [0.1, 0.15) is 23.7 Å². The van der Waals surface area contributed by atoms with E-state index in [-0.39, 0.29) is 5.91 Å². The van der Waals surface area contributed by atoms with E-state index >= 15 is 0 Å². The predicted molar refractivity (Wildman–Crippen MR) is 70.9 cm³/mol. The van der Waals surface area contributed by atoms with Gasteiger partial charge >= 0.3 is 0 Å². The Morgan fingerprint density at radius 1 is 1.50 bits per heavy atom. The molecule has 6 nitrogen and oxygen atoms in total. The molecular formula is C11H13N5OS. The molecule has 0 spiro atoms. The second-order valence-electron chi connectivity index (χ2n) is 3.55. The van der Waals surface area contributed by atoms with Gasteiger partial charge in [-0.25, -0.2) is 4.98 Å². The van der Waals surface area contributed by atoms with Crippen molar-refractivity contribution in [1.82, 2.24) is 15.2 Å². The fraction of sp³-hybridized carbons (Fsp3) is 0.273. The molecule has 7 heteroatoms. The van der Waals surface area contributed by atoms with Gasteiger partial charge < -0.3 is 5.32 Å². The van der Waals surface area contributed by atoms with Crippen LogP contribution < -0.4 is 10.6 Å². The molecule has 94 valence electrons. The fourth-order valence-corrected chi connectivity index (χ4v) is 1.76. The summed E-state index contributed by atoms with van der Waals surface area (Å²) >= 11 is 1.28. The summed E-state index contributed by atoms with van der Waals surface area (Å²) in [6.45, 7) is 2.90. The number of amides is 1. The van der Waals surface area contributed by atoms with Crippen LogP contribution in [0.2, 0.25) is 0 Å². The first-order valence-corrected chi connectivity index (χ1v) is 6.45. The van der Waals surface area contributed by atoms with Gasteiger partial charge in [0.2, 0.25) is 5.13 Å². The summed E-state index contributed by atoms with van der Waals surface area (Å²) < 4.78 is 0. The van der Waals surface area contributed by atoms with Crippen molar-refractivity contribution in [3.05, 3.63) is 29.4 Å². The number of nitrogens with one attached hydrogen (secondary N) is 2. The van der Waals surface area contributed by atoms with Gasteiger partial charge in [-0.2, -0.15) is 0 Å². The Labute approximate surface area is 108 Å². The SMILES string of the molecule is CCCNc1cc(C(=O)Nc2nncs2)ccn1. The van der Waals surface area contributed by atoms with Crippen molar-refractivity contribution < 1.29 is 4.79 Å². The molecule has 0 aliphatic carbocycles.